The molecule has 0 radical (unpaired) electrons. The summed E-state index contributed by atoms with van der Waals surface area (Å²) in [6.45, 7) is 1.70. The van der Waals surface area contributed by atoms with E-state index in [0.29, 0.717) is 21.2 Å². The van der Waals surface area contributed by atoms with E-state index in [4.69, 9.17) is 23.2 Å². The van der Waals surface area contributed by atoms with E-state index in [1.165, 1.54) is 0 Å². The van der Waals surface area contributed by atoms with Crippen LogP contribution >= 0.6 is 23.2 Å². The Bertz CT molecular complexity index is 336. The summed E-state index contributed by atoms with van der Waals surface area (Å²) in [5.41, 5.74) is 1.28. The summed E-state index contributed by atoms with van der Waals surface area (Å²) in [6.07, 6.45) is 2.43. The maximum Gasteiger partial charge on any atom is 0.145 e. The van der Waals surface area contributed by atoms with Gasteiger partial charge < -0.3 is 0 Å². The summed E-state index contributed by atoms with van der Waals surface area (Å²) >= 11 is 11.8. The van der Waals surface area contributed by atoms with Crippen LogP contribution in [0.2, 0.25) is 10.0 Å². The second kappa shape index (κ2) is 4.45. The molecule has 1 aromatic carbocycles. The third-order valence-electron chi connectivity index (χ3n) is 1.56. The average molecular weight is 215 g/mol. The van der Waals surface area contributed by atoms with E-state index >= 15 is 0 Å². The van der Waals surface area contributed by atoms with Gasteiger partial charge >= 0.3 is 0 Å². The van der Waals surface area contributed by atoms with Gasteiger partial charge in [0.2, 0.25) is 0 Å². The third kappa shape index (κ3) is 2.58. The van der Waals surface area contributed by atoms with E-state index in [-0.39, 0.29) is 0 Å². The maximum absolute atomic E-state index is 10.4. The molecule has 3 heteroatoms. The minimum atomic E-state index is 0.550. The monoisotopic (exact) mass is 214 g/mol. The molecule has 0 unspecified atom stereocenters. The molecule has 0 aromatic heterocycles. The Morgan fingerprint density at radius 1 is 1.31 bits per heavy atom. The first-order valence-corrected chi connectivity index (χ1v) is 4.48. The third-order valence-corrected chi connectivity index (χ3v) is 2.22. The van der Waals surface area contributed by atoms with Crippen molar-refractivity contribution in [2.75, 3.05) is 0 Å². The zero-order valence-corrected chi connectivity index (χ0v) is 8.56. The highest BCUT2D eigenvalue weighted by molar-refractivity contribution is 6.37. The van der Waals surface area contributed by atoms with Crippen LogP contribution in [-0.4, -0.2) is 6.29 Å². The Balaban J connectivity index is 3.21. The van der Waals surface area contributed by atoms with Crippen molar-refractivity contribution in [3.8, 4) is 0 Å². The lowest BCUT2D eigenvalue weighted by Crippen LogP contribution is -1.81. The molecule has 1 nitrogen and oxygen atoms in total. The first-order valence-electron chi connectivity index (χ1n) is 3.72. The molecule has 0 N–H and O–H groups in total. The first kappa shape index (κ1) is 10.3. The Hall–Kier alpha value is -0.790. The van der Waals surface area contributed by atoms with E-state index in [9.17, 15) is 4.79 Å². The number of aldehydes is 1. The number of hydrogen-bond acceptors (Lipinski definition) is 1. The Morgan fingerprint density at radius 3 is 2.31 bits per heavy atom. The highest BCUT2D eigenvalue weighted by Crippen LogP contribution is 2.26. The van der Waals surface area contributed by atoms with Crippen molar-refractivity contribution in [3.05, 3.63) is 39.4 Å². The van der Waals surface area contributed by atoms with Gasteiger partial charge in [-0.1, -0.05) is 29.3 Å². The molecule has 0 fully saturated rings. The van der Waals surface area contributed by atoms with Crippen LogP contribution in [0.4, 0.5) is 0 Å². The van der Waals surface area contributed by atoms with E-state index in [1.54, 1.807) is 31.2 Å². The fourth-order valence-electron chi connectivity index (χ4n) is 0.910. The molecule has 0 saturated heterocycles. The molecule has 68 valence electrons. The average Bonchev–Trinajstić information content (AvgIpc) is 2.11. The molecule has 0 bridgehead atoms. The van der Waals surface area contributed by atoms with Crippen molar-refractivity contribution < 1.29 is 4.79 Å². The van der Waals surface area contributed by atoms with Gasteiger partial charge in [0.15, 0.2) is 0 Å². The lowest BCUT2D eigenvalue weighted by atomic mass is 10.1. The molecule has 0 atom stereocenters. The van der Waals surface area contributed by atoms with Gasteiger partial charge in [-0.3, -0.25) is 4.79 Å². The molecular weight excluding hydrogens is 207 g/mol. The van der Waals surface area contributed by atoms with Crippen LogP contribution in [0.25, 0.3) is 6.08 Å². The van der Waals surface area contributed by atoms with Gasteiger partial charge in [-0.2, -0.15) is 0 Å². The summed E-state index contributed by atoms with van der Waals surface area (Å²) in [5.74, 6) is 0. The van der Waals surface area contributed by atoms with E-state index in [2.05, 4.69) is 0 Å². The maximum atomic E-state index is 10.4. The summed E-state index contributed by atoms with van der Waals surface area (Å²) in [5, 5.41) is 1.10. The van der Waals surface area contributed by atoms with E-state index in [0.717, 1.165) is 6.29 Å². The van der Waals surface area contributed by atoms with Crippen LogP contribution in [0.5, 0.6) is 0 Å². The van der Waals surface area contributed by atoms with Crippen LogP contribution in [0, 0.1) is 0 Å². The molecule has 0 saturated carbocycles. The second-order valence-electron chi connectivity index (χ2n) is 2.64. The molecule has 0 aliphatic heterocycles. The molecule has 0 aliphatic carbocycles. The fraction of sp³-hybridized carbons (Fsp3) is 0.100. The van der Waals surface area contributed by atoms with Crippen molar-refractivity contribution in [2.24, 2.45) is 0 Å². The standard InChI is InChI=1S/C10H8Cl2O/c1-7(6-13)5-8-9(11)3-2-4-10(8)12/h2-6H,1H3. The number of allylic oxidation sites excluding steroid dienone is 1. The van der Waals surface area contributed by atoms with Gasteiger partial charge in [0, 0.05) is 15.6 Å². The molecule has 1 rings (SSSR count). The van der Waals surface area contributed by atoms with Crippen molar-refractivity contribution in [3.63, 3.8) is 0 Å². The van der Waals surface area contributed by atoms with E-state index in [1.807, 2.05) is 0 Å². The van der Waals surface area contributed by atoms with Gasteiger partial charge in [0.1, 0.15) is 6.29 Å². The molecule has 0 aliphatic rings. The lowest BCUT2D eigenvalue weighted by Gasteiger charge is -2.00. The van der Waals surface area contributed by atoms with Gasteiger partial charge in [-0.15, -0.1) is 0 Å². The molecule has 1 aromatic rings. The zero-order valence-electron chi connectivity index (χ0n) is 7.05. The highest BCUT2D eigenvalue weighted by atomic mass is 35.5. The Labute approximate surface area is 87.0 Å². The first-order chi connectivity index (χ1) is 6.15. The SMILES string of the molecule is CC(C=O)=Cc1c(Cl)cccc1Cl. The number of carbonyl (C=O) groups excluding carboxylic acids is 1. The summed E-state index contributed by atoms with van der Waals surface area (Å²) in [4.78, 5) is 10.4. The Morgan fingerprint density at radius 2 is 1.85 bits per heavy atom. The number of rotatable bonds is 2. The summed E-state index contributed by atoms with van der Waals surface area (Å²) in [6, 6.07) is 5.23. The minimum absolute atomic E-state index is 0.550. The molecule has 0 spiro atoms. The molecule has 0 amide bonds. The predicted octanol–water partition coefficient (Wildman–Crippen LogP) is 3.60. The number of hydrogen-bond donors (Lipinski definition) is 0. The van der Waals surface area contributed by atoms with E-state index < -0.39 is 0 Å². The minimum Gasteiger partial charge on any atom is -0.298 e. The quantitative estimate of drug-likeness (QED) is 0.544. The second-order valence-corrected chi connectivity index (χ2v) is 3.46. The van der Waals surface area contributed by atoms with Crippen LogP contribution in [0.3, 0.4) is 0 Å². The normalized spacial score (nSPS) is 11.5. The van der Waals surface area contributed by atoms with Crippen molar-refractivity contribution in [2.45, 2.75) is 6.92 Å². The van der Waals surface area contributed by atoms with Gasteiger partial charge in [-0.25, -0.2) is 0 Å². The highest BCUT2D eigenvalue weighted by Gasteiger charge is 2.01. The molecule has 0 heterocycles. The predicted molar refractivity (Wildman–Crippen MR) is 56.2 cm³/mol. The molecule has 13 heavy (non-hydrogen) atoms. The fourth-order valence-corrected chi connectivity index (χ4v) is 1.42. The van der Waals surface area contributed by atoms with Gasteiger partial charge in [0.25, 0.3) is 0 Å². The zero-order chi connectivity index (χ0) is 9.84. The topological polar surface area (TPSA) is 17.1 Å². The summed E-state index contributed by atoms with van der Waals surface area (Å²) in [7, 11) is 0. The van der Waals surface area contributed by atoms with Crippen molar-refractivity contribution in [1.29, 1.82) is 0 Å². The largest absolute Gasteiger partial charge is 0.298 e. The van der Waals surface area contributed by atoms with Crippen molar-refractivity contribution >= 4 is 35.6 Å². The molecular formula is C10H8Cl2O. The van der Waals surface area contributed by atoms with Crippen LogP contribution in [-0.2, 0) is 4.79 Å². The van der Waals surface area contributed by atoms with Gasteiger partial charge in [0.05, 0.1) is 0 Å². The number of halogens is 2. The summed E-state index contributed by atoms with van der Waals surface area (Å²) < 4.78 is 0. The number of carbonyl (C=O) groups is 1. The van der Waals surface area contributed by atoms with Gasteiger partial charge in [-0.05, 0) is 30.7 Å². The van der Waals surface area contributed by atoms with Crippen LogP contribution < -0.4 is 0 Å². The van der Waals surface area contributed by atoms with Crippen LogP contribution in [0.1, 0.15) is 12.5 Å². The lowest BCUT2D eigenvalue weighted by molar-refractivity contribution is -0.104. The number of benzene rings is 1. The van der Waals surface area contributed by atoms with Crippen LogP contribution in [0.15, 0.2) is 23.8 Å². The smallest absolute Gasteiger partial charge is 0.145 e. The Kier molecular flexibility index (Phi) is 3.52. The van der Waals surface area contributed by atoms with Crippen molar-refractivity contribution in [1.82, 2.24) is 0 Å².